The van der Waals surface area contributed by atoms with Crippen molar-refractivity contribution >= 4 is 11.8 Å². The lowest BCUT2D eigenvalue weighted by Gasteiger charge is -2.25. The third kappa shape index (κ3) is 3.11. The Bertz CT molecular complexity index is 506. The number of carbonyl (C=O) groups excluding carboxylic acids is 2. The molecule has 5 nitrogen and oxygen atoms in total. The molecule has 0 saturated carbocycles. The van der Waals surface area contributed by atoms with Crippen molar-refractivity contribution in [2.24, 2.45) is 0 Å². The second-order valence-electron chi connectivity index (χ2n) is 4.60. The Morgan fingerprint density at radius 1 is 1.40 bits per heavy atom. The zero-order valence-electron chi connectivity index (χ0n) is 10.9. The van der Waals surface area contributed by atoms with E-state index in [0.717, 1.165) is 12.1 Å². The van der Waals surface area contributed by atoms with Crippen LogP contribution in [0.1, 0.15) is 18.5 Å². The van der Waals surface area contributed by atoms with E-state index in [4.69, 9.17) is 0 Å². The number of hydrogen-bond donors (Lipinski definition) is 3. The molecule has 2 atom stereocenters. The fraction of sp³-hybridized carbons (Fsp3) is 0.385. The van der Waals surface area contributed by atoms with Gasteiger partial charge in [0.15, 0.2) is 0 Å². The van der Waals surface area contributed by atoms with Crippen LogP contribution in [0, 0.1) is 11.6 Å². The molecule has 1 saturated heterocycles. The van der Waals surface area contributed by atoms with E-state index in [1.807, 2.05) is 0 Å². The van der Waals surface area contributed by atoms with E-state index in [1.165, 1.54) is 13.0 Å². The molecule has 1 fully saturated rings. The van der Waals surface area contributed by atoms with E-state index >= 15 is 0 Å². The van der Waals surface area contributed by atoms with E-state index in [2.05, 4.69) is 16.0 Å². The zero-order chi connectivity index (χ0) is 14.7. The summed E-state index contributed by atoms with van der Waals surface area (Å²) in [6.45, 7) is 1.69. The maximum Gasteiger partial charge on any atom is 0.239 e. The largest absolute Gasteiger partial charge is 0.353 e. The number of amides is 2. The van der Waals surface area contributed by atoms with Gasteiger partial charge in [-0.3, -0.25) is 14.9 Å². The topological polar surface area (TPSA) is 70.2 Å². The quantitative estimate of drug-likeness (QED) is 0.744. The Morgan fingerprint density at radius 2 is 2.05 bits per heavy atom. The van der Waals surface area contributed by atoms with E-state index < -0.39 is 29.6 Å². The highest BCUT2D eigenvalue weighted by Crippen LogP contribution is 2.20. The molecule has 1 aromatic rings. The Morgan fingerprint density at radius 3 is 2.60 bits per heavy atom. The highest BCUT2D eigenvalue weighted by Gasteiger charge is 2.26. The Kier molecular flexibility index (Phi) is 4.29. The van der Waals surface area contributed by atoms with Crippen molar-refractivity contribution in [1.29, 1.82) is 0 Å². The summed E-state index contributed by atoms with van der Waals surface area (Å²) in [4.78, 5) is 22.9. The highest BCUT2D eigenvalue weighted by molar-refractivity contribution is 5.86. The van der Waals surface area contributed by atoms with Gasteiger partial charge in [0.1, 0.15) is 17.7 Å². The van der Waals surface area contributed by atoms with Crippen LogP contribution in [-0.2, 0) is 9.59 Å². The molecule has 1 aliphatic rings. The summed E-state index contributed by atoms with van der Waals surface area (Å²) < 4.78 is 27.2. The van der Waals surface area contributed by atoms with Crippen molar-refractivity contribution in [3.05, 3.63) is 35.4 Å². The first-order valence-corrected chi connectivity index (χ1v) is 6.23. The predicted molar refractivity (Wildman–Crippen MR) is 67.7 cm³/mol. The van der Waals surface area contributed by atoms with Gasteiger partial charge in [0.25, 0.3) is 0 Å². The molecule has 20 heavy (non-hydrogen) atoms. The maximum absolute atomic E-state index is 13.6. The molecule has 0 aliphatic carbocycles. The van der Waals surface area contributed by atoms with Crippen LogP contribution in [0.5, 0.6) is 0 Å². The zero-order valence-corrected chi connectivity index (χ0v) is 10.9. The van der Waals surface area contributed by atoms with Crippen LogP contribution in [-0.4, -0.2) is 30.9 Å². The molecule has 0 radical (unpaired) electrons. The lowest BCUT2D eigenvalue weighted by molar-refractivity contribution is -0.127. The molecule has 2 unspecified atom stereocenters. The minimum Gasteiger partial charge on any atom is -0.353 e. The van der Waals surface area contributed by atoms with Crippen LogP contribution in [0.25, 0.3) is 0 Å². The van der Waals surface area contributed by atoms with Crippen molar-refractivity contribution in [2.45, 2.75) is 19.0 Å². The number of benzene rings is 1. The molecule has 1 aliphatic heterocycles. The number of rotatable bonds is 3. The fourth-order valence-corrected chi connectivity index (χ4v) is 2.06. The average Bonchev–Trinajstić information content (AvgIpc) is 2.39. The first-order chi connectivity index (χ1) is 9.49. The summed E-state index contributed by atoms with van der Waals surface area (Å²) in [5, 5.41) is 7.81. The molecule has 7 heteroatoms. The third-order valence-electron chi connectivity index (χ3n) is 3.12. The SMILES string of the molecule is CC(NC(=O)C1CNC(=O)CN1)c1c(F)cccc1F. The summed E-state index contributed by atoms with van der Waals surface area (Å²) >= 11 is 0. The van der Waals surface area contributed by atoms with Gasteiger partial charge in [0.05, 0.1) is 12.6 Å². The second-order valence-corrected chi connectivity index (χ2v) is 4.60. The summed E-state index contributed by atoms with van der Waals surface area (Å²) in [5.41, 5.74) is -0.180. The van der Waals surface area contributed by atoms with Gasteiger partial charge in [0.2, 0.25) is 11.8 Å². The number of carbonyl (C=O) groups is 2. The average molecular weight is 283 g/mol. The van der Waals surface area contributed by atoms with Gasteiger partial charge in [-0.1, -0.05) is 6.07 Å². The Balaban J connectivity index is 2.02. The summed E-state index contributed by atoms with van der Waals surface area (Å²) in [7, 11) is 0. The van der Waals surface area contributed by atoms with Crippen molar-refractivity contribution in [2.75, 3.05) is 13.1 Å². The van der Waals surface area contributed by atoms with Crippen LogP contribution < -0.4 is 16.0 Å². The second kappa shape index (κ2) is 5.96. The molecule has 0 aromatic heterocycles. The first-order valence-electron chi connectivity index (χ1n) is 6.23. The first kappa shape index (κ1) is 14.4. The van der Waals surface area contributed by atoms with Crippen LogP contribution in [0.3, 0.4) is 0 Å². The van der Waals surface area contributed by atoms with E-state index in [1.54, 1.807) is 0 Å². The number of piperazine rings is 1. The summed E-state index contributed by atoms with van der Waals surface area (Å²) in [5.74, 6) is -2.02. The van der Waals surface area contributed by atoms with Crippen molar-refractivity contribution in [1.82, 2.24) is 16.0 Å². The molecular weight excluding hydrogens is 268 g/mol. The van der Waals surface area contributed by atoms with Gasteiger partial charge in [-0.2, -0.15) is 0 Å². The van der Waals surface area contributed by atoms with Crippen LogP contribution in [0.4, 0.5) is 8.78 Å². The van der Waals surface area contributed by atoms with Crippen molar-refractivity contribution in [3.8, 4) is 0 Å². The minimum atomic E-state index is -0.803. The van der Waals surface area contributed by atoms with Crippen LogP contribution >= 0.6 is 0 Å². The number of hydrogen-bond acceptors (Lipinski definition) is 3. The normalized spacial score (nSPS) is 20.1. The standard InChI is InChI=1S/C13H15F2N3O2/c1-7(12-8(14)3-2-4-9(12)15)18-13(20)10-5-17-11(19)6-16-10/h2-4,7,10,16H,5-6H2,1H3,(H,17,19)(H,18,20). The van der Waals surface area contributed by atoms with Crippen LogP contribution in [0.2, 0.25) is 0 Å². The predicted octanol–water partition coefficient (Wildman–Crippen LogP) is 0.230. The Hall–Kier alpha value is -2.02. The molecule has 1 aromatic carbocycles. The lowest BCUT2D eigenvalue weighted by Crippen LogP contribution is -2.58. The van der Waals surface area contributed by atoms with Gasteiger partial charge in [-0.15, -0.1) is 0 Å². The monoisotopic (exact) mass is 283 g/mol. The Labute approximate surface area is 114 Å². The summed E-state index contributed by atoms with van der Waals surface area (Å²) in [6.07, 6.45) is 0. The van der Waals surface area contributed by atoms with Crippen LogP contribution in [0.15, 0.2) is 18.2 Å². The molecule has 2 amide bonds. The van der Waals surface area contributed by atoms with E-state index in [-0.39, 0.29) is 24.6 Å². The molecule has 0 bridgehead atoms. The molecule has 2 rings (SSSR count). The van der Waals surface area contributed by atoms with Gasteiger partial charge >= 0.3 is 0 Å². The number of halogens is 2. The van der Waals surface area contributed by atoms with Gasteiger partial charge in [-0.25, -0.2) is 8.78 Å². The maximum atomic E-state index is 13.6. The molecule has 0 spiro atoms. The van der Waals surface area contributed by atoms with E-state index in [9.17, 15) is 18.4 Å². The molecule has 1 heterocycles. The number of nitrogens with one attached hydrogen (secondary N) is 3. The van der Waals surface area contributed by atoms with Gasteiger partial charge in [0, 0.05) is 12.1 Å². The molecule has 108 valence electrons. The smallest absolute Gasteiger partial charge is 0.239 e. The fourth-order valence-electron chi connectivity index (χ4n) is 2.06. The van der Waals surface area contributed by atoms with E-state index in [0.29, 0.717) is 0 Å². The van der Waals surface area contributed by atoms with Gasteiger partial charge in [-0.05, 0) is 19.1 Å². The molecule has 3 N–H and O–H groups in total. The summed E-state index contributed by atoms with van der Waals surface area (Å²) in [6, 6.07) is 2.13. The third-order valence-corrected chi connectivity index (χ3v) is 3.12. The minimum absolute atomic E-state index is 0.0422. The van der Waals surface area contributed by atoms with Crippen molar-refractivity contribution < 1.29 is 18.4 Å². The van der Waals surface area contributed by atoms with Crippen molar-refractivity contribution in [3.63, 3.8) is 0 Å². The highest BCUT2D eigenvalue weighted by atomic mass is 19.1. The molecular formula is C13H15F2N3O2. The van der Waals surface area contributed by atoms with Gasteiger partial charge < -0.3 is 10.6 Å². The lowest BCUT2D eigenvalue weighted by atomic mass is 10.1.